The molecule has 2 nitrogen and oxygen atoms in total. The summed E-state index contributed by atoms with van der Waals surface area (Å²) in [6, 6.07) is 0. The van der Waals surface area contributed by atoms with Crippen molar-refractivity contribution in [3.63, 3.8) is 0 Å². The summed E-state index contributed by atoms with van der Waals surface area (Å²) in [5.74, 6) is 2.02. The van der Waals surface area contributed by atoms with Gasteiger partial charge >= 0.3 is 0 Å². The first kappa shape index (κ1) is 14.3. The first-order valence-electron chi connectivity index (χ1n) is 8.31. The molecule has 2 heteroatoms. The van der Waals surface area contributed by atoms with Crippen LogP contribution in [0, 0.1) is 11.8 Å². The van der Waals surface area contributed by atoms with E-state index < -0.39 is 0 Å². The lowest BCUT2D eigenvalue weighted by Gasteiger charge is -2.35. The van der Waals surface area contributed by atoms with E-state index in [0.717, 1.165) is 11.8 Å². The molecule has 2 heterocycles. The normalized spacial score (nSPS) is 24.5. The molecule has 2 saturated heterocycles. The Labute approximate surface area is 114 Å². The van der Waals surface area contributed by atoms with Gasteiger partial charge in [0.25, 0.3) is 0 Å². The van der Waals surface area contributed by atoms with Crippen LogP contribution < -0.4 is 5.32 Å². The van der Waals surface area contributed by atoms with Crippen LogP contribution in [0.4, 0.5) is 0 Å². The first-order chi connectivity index (χ1) is 8.88. The third-order valence-electron chi connectivity index (χ3n) is 4.90. The Balaban J connectivity index is 1.57. The van der Waals surface area contributed by atoms with Gasteiger partial charge in [0.1, 0.15) is 0 Å². The predicted molar refractivity (Wildman–Crippen MR) is 78.9 cm³/mol. The van der Waals surface area contributed by atoms with Crippen molar-refractivity contribution in [2.75, 3.05) is 32.7 Å². The Morgan fingerprint density at radius 3 is 2.33 bits per heavy atom. The van der Waals surface area contributed by atoms with Crippen LogP contribution in [0.2, 0.25) is 0 Å². The minimum Gasteiger partial charge on any atom is -0.317 e. The Kier molecular flexibility index (Phi) is 6.50. The number of rotatable bonds is 6. The maximum atomic E-state index is 3.47. The van der Waals surface area contributed by atoms with Crippen LogP contribution >= 0.6 is 0 Å². The minimum absolute atomic E-state index is 0.975. The molecule has 0 aromatic rings. The zero-order valence-corrected chi connectivity index (χ0v) is 12.3. The second kappa shape index (κ2) is 8.16. The fourth-order valence-electron chi connectivity index (χ4n) is 3.57. The number of nitrogens with zero attached hydrogens (tertiary/aromatic N) is 1. The van der Waals surface area contributed by atoms with Crippen LogP contribution in [0.5, 0.6) is 0 Å². The predicted octanol–water partition coefficient (Wildman–Crippen LogP) is 3.28. The molecule has 2 aliphatic heterocycles. The number of hydrogen-bond donors (Lipinski definition) is 1. The van der Waals surface area contributed by atoms with Crippen molar-refractivity contribution in [2.45, 2.75) is 58.3 Å². The number of likely N-dealkylation sites (tertiary alicyclic amines) is 1. The van der Waals surface area contributed by atoms with Gasteiger partial charge in [-0.15, -0.1) is 0 Å². The van der Waals surface area contributed by atoms with Gasteiger partial charge in [-0.2, -0.15) is 0 Å². The highest BCUT2D eigenvalue weighted by Crippen LogP contribution is 2.24. The smallest absolute Gasteiger partial charge is 0.00106 e. The van der Waals surface area contributed by atoms with Crippen LogP contribution in [0.1, 0.15) is 58.3 Å². The highest BCUT2D eigenvalue weighted by Gasteiger charge is 2.22. The van der Waals surface area contributed by atoms with Gasteiger partial charge in [0, 0.05) is 6.54 Å². The second-order valence-corrected chi connectivity index (χ2v) is 6.43. The summed E-state index contributed by atoms with van der Waals surface area (Å²) in [5, 5.41) is 3.47. The Hall–Kier alpha value is -0.0800. The van der Waals surface area contributed by atoms with E-state index in [1.165, 1.54) is 84.1 Å². The lowest BCUT2D eigenvalue weighted by molar-refractivity contribution is 0.144. The largest absolute Gasteiger partial charge is 0.317 e. The molecule has 0 saturated carbocycles. The molecule has 2 fully saturated rings. The van der Waals surface area contributed by atoms with E-state index in [1.807, 2.05) is 0 Å². The Morgan fingerprint density at radius 2 is 1.67 bits per heavy atom. The monoisotopic (exact) mass is 252 g/mol. The standard InChI is InChI=1S/C16H32N2/c1-2-3-4-5-15-8-12-18(13-9-15)14-16-6-10-17-11-7-16/h15-17H,2-14H2,1H3. The molecule has 18 heavy (non-hydrogen) atoms. The van der Waals surface area contributed by atoms with Gasteiger partial charge in [0.2, 0.25) is 0 Å². The quantitative estimate of drug-likeness (QED) is 0.730. The van der Waals surface area contributed by atoms with Crippen LogP contribution in [0.15, 0.2) is 0 Å². The van der Waals surface area contributed by atoms with E-state index in [0.29, 0.717) is 0 Å². The molecule has 0 atom stereocenters. The van der Waals surface area contributed by atoms with Crippen molar-refractivity contribution in [3.8, 4) is 0 Å². The molecule has 1 N–H and O–H groups in total. The summed E-state index contributed by atoms with van der Waals surface area (Å²) in [6.07, 6.45) is 11.5. The van der Waals surface area contributed by atoms with Crippen molar-refractivity contribution < 1.29 is 0 Å². The van der Waals surface area contributed by atoms with E-state index in [-0.39, 0.29) is 0 Å². The molecule has 0 bridgehead atoms. The maximum Gasteiger partial charge on any atom is 0.00106 e. The fourth-order valence-corrected chi connectivity index (χ4v) is 3.57. The molecular formula is C16H32N2. The molecule has 2 aliphatic rings. The number of piperidine rings is 2. The molecule has 2 rings (SSSR count). The summed E-state index contributed by atoms with van der Waals surface area (Å²) >= 11 is 0. The summed E-state index contributed by atoms with van der Waals surface area (Å²) in [6.45, 7) is 8.93. The highest BCUT2D eigenvalue weighted by atomic mass is 15.1. The van der Waals surface area contributed by atoms with Crippen LogP contribution in [-0.2, 0) is 0 Å². The average Bonchev–Trinajstić information content (AvgIpc) is 2.42. The Morgan fingerprint density at radius 1 is 0.944 bits per heavy atom. The number of nitrogens with one attached hydrogen (secondary N) is 1. The van der Waals surface area contributed by atoms with E-state index in [2.05, 4.69) is 17.1 Å². The SMILES string of the molecule is CCCCCC1CCN(CC2CCNCC2)CC1. The molecule has 106 valence electrons. The van der Waals surface area contributed by atoms with Crippen molar-refractivity contribution in [3.05, 3.63) is 0 Å². The molecule has 0 aromatic heterocycles. The van der Waals surface area contributed by atoms with Gasteiger partial charge in [0.15, 0.2) is 0 Å². The highest BCUT2D eigenvalue weighted by molar-refractivity contribution is 4.77. The second-order valence-electron chi connectivity index (χ2n) is 6.43. The van der Waals surface area contributed by atoms with Crippen molar-refractivity contribution in [1.29, 1.82) is 0 Å². The van der Waals surface area contributed by atoms with E-state index in [1.54, 1.807) is 0 Å². The first-order valence-corrected chi connectivity index (χ1v) is 8.31. The van der Waals surface area contributed by atoms with E-state index in [4.69, 9.17) is 0 Å². The molecule has 0 aliphatic carbocycles. The van der Waals surface area contributed by atoms with Gasteiger partial charge in [-0.25, -0.2) is 0 Å². The molecule has 0 amide bonds. The van der Waals surface area contributed by atoms with Crippen LogP contribution in [0.3, 0.4) is 0 Å². The third-order valence-corrected chi connectivity index (χ3v) is 4.90. The van der Waals surface area contributed by atoms with Crippen molar-refractivity contribution >= 4 is 0 Å². The van der Waals surface area contributed by atoms with E-state index >= 15 is 0 Å². The van der Waals surface area contributed by atoms with Gasteiger partial charge in [-0.1, -0.05) is 32.6 Å². The Bertz CT molecular complexity index is 203. The van der Waals surface area contributed by atoms with Gasteiger partial charge in [-0.3, -0.25) is 0 Å². The lowest BCUT2D eigenvalue weighted by Crippen LogP contribution is -2.40. The summed E-state index contributed by atoms with van der Waals surface area (Å²) < 4.78 is 0. The van der Waals surface area contributed by atoms with Crippen LogP contribution in [0.25, 0.3) is 0 Å². The zero-order valence-electron chi connectivity index (χ0n) is 12.3. The average molecular weight is 252 g/mol. The van der Waals surface area contributed by atoms with Gasteiger partial charge < -0.3 is 10.2 Å². The van der Waals surface area contributed by atoms with Gasteiger partial charge in [-0.05, 0) is 63.7 Å². The summed E-state index contributed by atoms with van der Waals surface area (Å²) in [5.41, 5.74) is 0. The molecular weight excluding hydrogens is 220 g/mol. The number of hydrogen-bond acceptors (Lipinski definition) is 2. The van der Waals surface area contributed by atoms with Crippen molar-refractivity contribution in [1.82, 2.24) is 10.2 Å². The van der Waals surface area contributed by atoms with Gasteiger partial charge in [0.05, 0.1) is 0 Å². The third kappa shape index (κ3) is 4.89. The zero-order chi connectivity index (χ0) is 12.6. The summed E-state index contributed by atoms with van der Waals surface area (Å²) in [7, 11) is 0. The van der Waals surface area contributed by atoms with Crippen molar-refractivity contribution in [2.24, 2.45) is 11.8 Å². The molecule has 0 spiro atoms. The summed E-state index contributed by atoms with van der Waals surface area (Å²) in [4.78, 5) is 2.74. The topological polar surface area (TPSA) is 15.3 Å². The minimum atomic E-state index is 0.975. The fraction of sp³-hybridized carbons (Fsp3) is 1.00. The van der Waals surface area contributed by atoms with Crippen LogP contribution in [-0.4, -0.2) is 37.6 Å². The molecule has 0 unspecified atom stereocenters. The lowest BCUT2D eigenvalue weighted by atomic mass is 9.90. The maximum absolute atomic E-state index is 3.47. The molecule has 0 radical (unpaired) electrons. The number of unbranched alkanes of at least 4 members (excludes halogenated alkanes) is 2. The van der Waals surface area contributed by atoms with E-state index in [9.17, 15) is 0 Å². The molecule has 0 aromatic carbocycles.